The summed E-state index contributed by atoms with van der Waals surface area (Å²) in [4.78, 5) is 43.1. The van der Waals surface area contributed by atoms with Crippen molar-refractivity contribution in [2.45, 2.75) is 32.5 Å². The molecule has 3 aromatic rings. The van der Waals surface area contributed by atoms with Gasteiger partial charge in [-0.15, -0.1) is 0 Å². The maximum Gasteiger partial charge on any atom is 0.328 e. The summed E-state index contributed by atoms with van der Waals surface area (Å²) in [7, 11) is 0. The highest BCUT2D eigenvalue weighted by atomic mass is 19.1. The summed E-state index contributed by atoms with van der Waals surface area (Å²) in [5.74, 6) is -4.33. The molecule has 0 spiro atoms. The molecule has 234 valence electrons. The summed E-state index contributed by atoms with van der Waals surface area (Å²) in [6.45, 7) is 8.21. The summed E-state index contributed by atoms with van der Waals surface area (Å²) in [5, 5.41) is 43.3. The Kier molecular flexibility index (Phi) is 12.1. The molecule has 1 atom stereocenters. The Bertz CT molecular complexity index is 1490. The fraction of sp³-hybridized carbons (Fsp3) is 0.300. The van der Waals surface area contributed by atoms with Crippen molar-refractivity contribution in [3.05, 3.63) is 83.2 Å². The number of halogens is 1. The Hall–Kier alpha value is -5.08. The highest BCUT2D eigenvalue weighted by Gasteiger charge is 2.25. The molecule has 0 saturated carbocycles. The van der Waals surface area contributed by atoms with Crippen molar-refractivity contribution in [1.29, 1.82) is 0 Å². The average molecular weight is 612 g/mol. The average Bonchev–Trinajstić information content (AvgIpc) is 3.59. The van der Waals surface area contributed by atoms with E-state index < -0.39 is 23.9 Å². The fourth-order valence-corrected chi connectivity index (χ4v) is 4.87. The van der Waals surface area contributed by atoms with E-state index >= 15 is 0 Å². The van der Waals surface area contributed by atoms with Gasteiger partial charge in [-0.25, -0.2) is 23.6 Å². The number of nitrogens with one attached hydrogen (secondary N) is 2. The van der Waals surface area contributed by atoms with E-state index in [4.69, 9.17) is 20.4 Å². The number of benzene rings is 2. The van der Waals surface area contributed by atoms with E-state index in [2.05, 4.69) is 50.4 Å². The first-order valence-electron chi connectivity index (χ1n) is 13.6. The molecular weight excluding hydrogens is 577 g/mol. The summed E-state index contributed by atoms with van der Waals surface area (Å²) in [6, 6.07) is 11.9. The number of carbonyl (C=O) groups is 4. The van der Waals surface area contributed by atoms with Gasteiger partial charge in [0.05, 0.1) is 5.52 Å². The van der Waals surface area contributed by atoms with Crippen molar-refractivity contribution in [2.75, 3.05) is 31.1 Å². The first-order valence-corrected chi connectivity index (χ1v) is 13.6. The molecule has 13 nitrogen and oxygen atoms in total. The molecule has 2 aromatic carbocycles. The molecule has 2 aliphatic rings. The highest BCUT2D eigenvalue weighted by Crippen LogP contribution is 2.27. The van der Waals surface area contributed by atoms with E-state index in [0.717, 1.165) is 62.4 Å². The van der Waals surface area contributed by atoms with E-state index in [0.29, 0.717) is 30.3 Å². The Labute approximate surface area is 251 Å². The molecule has 2 aliphatic heterocycles. The largest absolute Gasteiger partial charge is 0.478 e. The van der Waals surface area contributed by atoms with E-state index in [9.17, 15) is 23.6 Å². The van der Waals surface area contributed by atoms with Crippen LogP contribution in [0.25, 0.3) is 10.9 Å². The van der Waals surface area contributed by atoms with Gasteiger partial charge >= 0.3 is 23.9 Å². The lowest BCUT2D eigenvalue weighted by atomic mass is 10.1. The summed E-state index contributed by atoms with van der Waals surface area (Å²) >= 11 is 0. The first-order chi connectivity index (χ1) is 20.9. The van der Waals surface area contributed by atoms with Gasteiger partial charge in [-0.2, -0.15) is 5.10 Å². The van der Waals surface area contributed by atoms with Crippen molar-refractivity contribution < 1.29 is 44.0 Å². The summed E-state index contributed by atoms with van der Waals surface area (Å²) in [6.07, 6.45) is 3.34. The Morgan fingerprint density at radius 1 is 0.955 bits per heavy atom. The number of hydrogen-bond donors (Lipinski definition) is 6. The van der Waals surface area contributed by atoms with Gasteiger partial charge in [0.2, 0.25) is 0 Å². The molecule has 0 bridgehead atoms. The standard InChI is InChI=1S/C22H26FN5.2C4H4O4/c1-15-3-2-4-16-12-27(14-20(15)16)9-7-18-13-28(10-8-24-18)22-19-6-5-17(23)11-21(19)25-26-22;2*5-3(6)1-2-4(7)8/h2-6,11,18,24H,7-10,12-14H2,1H3,(H,25,26);2*1-2H,(H,5,6)(H,7,8)/b;2*2-1+. The number of carboxylic acids is 4. The number of hydrogen-bond acceptors (Lipinski definition) is 8. The van der Waals surface area contributed by atoms with Gasteiger partial charge in [0, 0.05) is 75.0 Å². The van der Waals surface area contributed by atoms with Gasteiger partial charge in [-0.1, -0.05) is 18.2 Å². The number of nitrogens with zero attached hydrogens (tertiary/aromatic N) is 3. The van der Waals surface area contributed by atoms with E-state index in [1.807, 2.05) is 6.07 Å². The number of fused-ring (bicyclic) bond motifs is 2. The SMILES string of the molecule is Cc1cccc2c1CN(CCC1CN(c3n[nH]c4cc(F)ccc34)CCN1)C2.O=C(O)/C=C/C(=O)O.O=C(O)/C=C/C(=O)O. The van der Waals surface area contributed by atoms with Crippen molar-refractivity contribution in [3.63, 3.8) is 0 Å². The number of anilines is 1. The van der Waals surface area contributed by atoms with E-state index in [1.54, 1.807) is 0 Å². The second kappa shape index (κ2) is 16.0. The third-order valence-electron chi connectivity index (χ3n) is 6.87. The zero-order valence-corrected chi connectivity index (χ0v) is 23.9. The van der Waals surface area contributed by atoms with Crippen LogP contribution in [0.5, 0.6) is 0 Å². The van der Waals surface area contributed by atoms with Crippen molar-refractivity contribution in [3.8, 4) is 0 Å². The maximum absolute atomic E-state index is 13.4. The van der Waals surface area contributed by atoms with E-state index in [1.165, 1.54) is 28.8 Å². The lowest BCUT2D eigenvalue weighted by Gasteiger charge is -2.34. The predicted molar refractivity (Wildman–Crippen MR) is 159 cm³/mol. The molecule has 5 rings (SSSR count). The van der Waals surface area contributed by atoms with Crippen LogP contribution in [0.4, 0.5) is 10.2 Å². The summed E-state index contributed by atoms with van der Waals surface area (Å²) < 4.78 is 13.4. The van der Waals surface area contributed by atoms with Gasteiger partial charge < -0.3 is 30.6 Å². The number of piperazine rings is 1. The number of aromatic amines is 1. The third-order valence-corrected chi connectivity index (χ3v) is 6.87. The molecule has 44 heavy (non-hydrogen) atoms. The van der Waals surface area contributed by atoms with Crippen LogP contribution in [0.2, 0.25) is 0 Å². The second-order valence-corrected chi connectivity index (χ2v) is 10.1. The van der Waals surface area contributed by atoms with Crippen molar-refractivity contribution >= 4 is 40.6 Å². The van der Waals surface area contributed by atoms with Gasteiger partial charge in [0.1, 0.15) is 5.82 Å². The van der Waals surface area contributed by atoms with Crippen molar-refractivity contribution in [1.82, 2.24) is 20.4 Å². The van der Waals surface area contributed by atoms with Crippen LogP contribution in [-0.2, 0) is 32.3 Å². The van der Waals surface area contributed by atoms with Crippen LogP contribution in [0, 0.1) is 12.7 Å². The lowest BCUT2D eigenvalue weighted by molar-refractivity contribution is -0.134. The summed E-state index contributed by atoms with van der Waals surface area (Å²) in [5.41, 5.74) is 5.16. The lowest BCUT2D eigenvalue weighted by Crippen LogP contribution is -2.51. The molecule has 1 saturated heterocycles. The molecule has 1 fully saturated rings. The number of aliphatic carboxylic acids is 4. The smallest absolute Gasteiger partial charge is 0.328 e. The minimum atomic E-state index is -1.26. The fourth-order valence-electron chi connectivity index (χ4n) is 4.87. The Morgan fingerprint density at radius 2 is 1.59 bits per heavy atom. The zero-order chi connectivity index (χ0) is 32.2. The van der Waals surface area contributed by atoms with Crippen molar-refractivity contribution in [2.24, 2.45) is 0 Å². The topological polar surface area (TPSA) is 196 Å². The Balaban J connectivity index is 0.000000275. The number of aromatic nitrogens is 2. The molecule has 0 aliphatic carbocycles. The van der Waals surface area contributed by atoms with Gasteiger partial charge in [-0.3, -0.25) is 10.00 Å². The minimum absolute atomic E-state index is 0.234. The molecule has 0 amide bonds. The van der Waals surface area contributed by atoms with Crippen LogP contribution >= 0.6 is 0 Å². The quantitative estimate of drug-likeness (QED) is 0.204. The first kappa shape index (κ1) is 33.4. The molecule has 14 heteroatoms. The highest BCUT2D eigenvalue weighted by molar-refractivity contribution is 5.91. The molecule has 1 aromatic heterocycles. The number of carboxylic acid groups (broad SMARTS) is 4. The number of H-pyrrole nitrogens is 1. The minimum Gasteiger partial charge on any atom is -0.478 e. The molecule has 1 unspecified atom stereocenters. The van der Waals surface area contributed by atoms with Crippen LogP contribution in [0.3, 0.4) is 0 Å². The molecule has 3 heterocycles. The molecule has 6 N–H and O–H groups in total. The predicted octanol–water partition coefficient (Wildman–Crippen LogP) is 2.62. The zero-order valence-electron chi connectivity index (χ0n) is 23.9. The van der Waals surface area contributed by atoms with E-state index in [-0.39, 0.29) is 5.82 Å². The van der Waals surface area contributed by atoms with Crippen LogP contribution in [-0.4, -0.2) is 91.6 Å². The molecule has 0 radical (unpaired) electrons. The molecular formula is C30H34FN5O8. The third kappa shape index (κ3) is 10.3. The normalized spacial score (nSPS) is 16.2. The van der Waals surface area contributed by atoms with Gasteiger partial charge in [-0.05, 0) is 48.2 Å². The number of rotatable bonds is 8. The monoisotopic (exact) mass is 611 g/mol. The number of aryl methyl sites for hydroxylation is 1. The maximum atomic E-state index is 13.4. The van der Waals surface area contributed by atoms with Crippen LogP contribution < -0.4 is 10.2 Å². The van der Waals surface area contributed by atoms with Crippen LogP contribution in [0.15, 0.2) is 60.7 Å². The van der Waals surface area contributed by atoms with Gasteiger partial charge in [0.15, 0.2) is 5.82 Å². The van der Waals surface area contributed by atoms with Crippen LogP contribution in [0.1, 0.15) is 23.1 Å². The van der Waals surface area contributed by atoms with Gasteiger partial charge in [0.25, 0.3) is 0 Å². The Morgan fingerprint density at radius 3 is 2.18 bits per heavy atom. The second-order valence-electron chi connectivity index (χ2n) is 10.1.